The molecule has 0 saturated heterocycles. The lowest BCUT2D eigenvalue weighted by molar-refractivity contribution is -0.137. The Labute approximate surface area is 121 Å². The number of hydrogen-bond donors (Lipinski definition) is 1. The van der Waals surface area contributed by atoms with Crippen molar-refractivity contribution in [3.05, 3.63) is 29.3 Å². The van der Waals surface area contributed by atoms with E-state index in [9.17, 15) is 21.6 Å². The molecule has 1 rings (SSSR count). The van der Waals surface area contributed by atoms with Gasteiger partial charge in [-0.25, -0.2) is 0 Å². The van der Waals surface area contributed by atoms with Crippen LogP contribution in [0.2, 0.25) is 0 Å². The standard InChI is InChI=1S/C12H14F3N3O2S/c1-3-18(4-2)21(19,20)17-11-6-5-10(12(13,14)15)7-9(11)8-16/h5-7,17H,3-4H2,1-2H3. The number of benzene rings is 1. The molecule has 0 spiro atoms. The molecule has 0 aliphatic heterocycles. The van der Waals surface area contributed by atoms with Crippen LogP contribution in [0.5, 0.6) is 0 Å². The van der Waals surface area contributed by atoms with Crippen molar-refractivity contribution in [2.75, 3.05) is 17.8 Å². The molecule has 1 aromatic rings. The molecule has 0 heterocycles. The maximum Gasteiger partial charge on any atom is 0.416 e. The Morgan fingerprint density at radius 1 is 1.29 bits per heavy atom. The number of anilines is 1. The van der Waals surface area contributed by atoms with Crippen molar-refractivity contribution in [2.45, 2.75) is 20.0 Å². The van der Waals surface area contributed by atoms with E-state index in [1.165, 1.54) is 0 Å². The van der Waals surface area contributed by atoms with Crippen LogP contribution in [-0.4, -0.2) is 25.8 Å². The van der Waals surface area contributed by atoms with Gasteiger partial charge in [0.2, 0.25) is 0 Å². The number of nitrogens with one attached hydrogen (secondary N) is 1. The zero-order chi connectivity index (χ0) is 16.3. The van der Waals surface area contributed by atoms with Gasteiger partial charge in [0.1, 0.15) is 6.07 Å². The van der Waals surface area contributed by atoms with Gasteiger partial charge in [0.25, 0.3) is 0 Å². The second kappa shape index (κ2) is 6.32. The van der Waals surface area contributed by atoms with Gasteiger partial charge in [-0.05, 0) is 18.2 Å². The molecule has 0 aromatic heterocycles. The van der Waals surface area contributed by atoms with Gasteiger partial charge in [-0.15, -0.1) is 0 Å². The van der Waals surface area contributed by atoms with Gasteiger partial charge in [0, 0.05) is 13.1 Å². The summed E-state index contributed by atoms with van der Waals surface area (Å²) in [7, 11) is -3.91. The van der Waals surface area contributed by atoms with Gasteiger partial charge in [-0.2, -0.15) is 31.2 Å². The van der Waals surface area contributed by atoms with Crippen LogP contribution in [0.15, 0.2) is 18.2 Å². The number of halogens is 3. The fourth-order valence-corrected chi connectivity index (χ4v) is 2.93. The van der Waals surface area contributed by atoms with Gasteiger partial charge in [-0.3, -0.25) is 4.72 Å². The monoisotopic (exact) mass is 321 g/mol. The van der Waals surface area contributed by atoms with Crippen LogP contribution in [0.4, 0.5) is 18.9 Å². The molecule has 116 valence electrons. The molecule has 0 amide bonds. The molecule has 0 atom stereocenters. The average Bonchev–Trinajstić information content (AvgIpc) is 2.38. The smallest absolute Gasteiger partial charge is 0.270 e. The Hall–Kier alpha value is -1.79. The lowest BCUT2D eigenvalue weighted by atomic mass is 10.1. The highest BCUT2D eigenvalue weighted by Crippen LogP contribution is 2.32. The van der Waals surface area contributed by atoms with E-state index >= 15 is 0 Å². The molecule has 5 nitrogen and oxygen atoms in total. The van der Waals surface area contributed by atoms with Crippen LogP contribution in [0.3, 0.4) is 0 Å². The molecular formula is C12H14F3N3O2S. The minimum Gasteiger partial charge on any atom is -0.270 e. The maximum absolute atomic E-state index is 12.6. The van der Waals surface area contributed by atoms with Crippen LogP contribution >= 0.6 is 0 Å². The molecule has 0 unspecified atom stereocenters. The number of nitrogens with zero attached hydrogens (tertiary/aromatic N) is 2. The summed E-state index contributed by atoms with van der Waals surface area (Å²) in [6.07, 6.45) is -4.60. The highest BCUT2D eigenvalue weighted by atomic mass is 32.2. The Morgan fingerprint density at radius 3 is 2.29 bits per heavy atom. The van der Waals surface area contributed by atoms with E-state index in [1.807, 2.05) is 0 Å². The van der Waals surface area contributed by atoms with E-state index in [0.29, 0.717) is 6.07 Å². The first-order valence-corrected chi connectivity index (χ1v) is 7.49. The van der Waals surface area contributed by atoms with Gasteiger partial charge in [-0.1, -0.05) is 13.8 Å². The van der Waals surface area contributed by atoms with E-state index in [0.717, 1.165) is 16.4 Å². The largest absolute Gasteiger partial charge is 0.416 e. The Morgan fingerprint density at radius 2 is 1.86 bits per heavy atom. The van der Waals surface area contributed by atoms with Crippen molar-refractivity contribution in [3.63, 3.8) is 0 Å². The lowest BCUT2D eigenvalue weighted by Gasteiger charge is -2.20. The number of rotatable bonds is 5. The summed E-state index contributed by atoms with van der Waals surface area (Å²) < 4.78 is 64.9. The zero-order valence-electron chi connectivity index (χ0n) is 11.4. The van der Waals surface area contributed by atoms with Crippen LogP contribution in [-0.2, 0) is 16.4 Å². The minimum absolute atomic E-state index is 0.183. The number of hydrogen-bond acceptors (Lipinski definition) is 3. The van der Waals surface area contributed by atoms with E-state index < -0.39 is 21.9 Å². The summed E-state index contributed by atoms with van der Waals surface area (Å²) in [6, 6.07) is 3.83. The van der Waals surface area contributed by atoms with Crippen LogP contribution in [0, 0.1) is 11.3 Å². The predicted molar refractivity (Wildman–Crippen MR) is 71.6 cm³/mol. The van der Waals surface area contributed by atoms with Crippen molar-refractivity contribution < 1.29 is 21.6 Å². The van der Waals surface area contributed by atoms with Crippen molar-refractivity contribution in [1.29, 1.82) is 5.26 Å². The third kappa shape index (κ3) is 4.09. The Kier molecular flexibility index (Phi) is 5.20. The molecule has 1 N–H and O–H groups in total. The van der Waals surface area contributed by atoms with Crippen molar-refractivity contribution in [1.82, 2.24) is 4.31 Å². The lowest BCUT2D eigenvalue weighted by Crippen LogP contribution is -2.35. The maximum atomic E-state index is 12.6. The molecule has 21 heavy (non-hydrogen) atoms. The van der Waals surface area contributed by atoms with E-state index in [4.69, 9.17) is 5.26 Å². The second-order valence-electron chi connectivity index (χ2n) is 4.06. The fraction of sp³-hybridized carbons (Fsp3) is 0.417. The van der Waals surface area contributed by atoms with Crippen molar-refractivity contribution >= 4 is 15.9 Å². The van der Waals surface area contributed by atoms with E-state index in [1.54, 1.807) is 19.9 Å². The second-order valence-corrected chi connectivity index (χ2v) is 5.73. The first-order valence-electron chi connectivity index (χ1n) is 6.05. The molecule has 0 aliphatic carbocycles. The third-order valence-corrected chi connectivity index (χ3v) is 4.43. The van der Waals surface area contributed by atoms with Gasteiger partial charge in [0.05, 0.1) is 16.8 Å². The summed E-state index contributed by atoms with van der Waals surface area (Å²) in [4.78, 5) is 0. The summed E-state index contributed by atoms with van der Waals surface area (Å²) in [5.41, 5.74) is -1.58. The van der Waals surface area contributed by atoms with Gasteiger partial charge in [0.15, 0.2) is 0 Å². The number of nitriles is 1. The summed E-state index contributed by atoms with van der Waals surface area (Å²) in [5, 5.41) is 8.89. The van der Waals surface area contributed by atoms with Crippen LogP contribution < -0.4 is 4.72 Å². The molecule has 9 heteroatoms. The molecule has 0 fully saturated rings. The molecule has 1 aromatic carbocycles. The fourth-order valence-electron chi connectivity index (χ4n) is 1.67. The molecule has 0 bridgehead atoms. The van der Waals surface area contributed by atoms with Crippen molar-refractivity contribution in [2.24, 2.45) is 0 Å². The SMILES string of the molecule is CCN(CC)S(=O)(=O)Nc1ccc(C(F)(F)F)cc1C#N. The van der Waals surface area contributed by atoms with Gasteiger partial charge >= 0.3 is 16.4 Å². The Bertz CT molecular complexity index is 647. The highest BCUT2D eigenvalue weighted by molar-refractivity contribution is 7.90. The summed E-state index contributed by atoms with van der Waals surface area (Å²) >= 11 is 0. The predicted octanol–water partition coefficient (Wildman–Crippen LogP) is 2.58. The number of alkyl halides is 3. The van der Waals surface area contributed by atoms with E-state index in [2.05, 4.69) is 4.72 Å². The summed E-state index contributed by atoms with van der Waals surface area (Å²) in [5.74, 6) is 0. The average molecular weight is 321 g/mol. The zero-order valence-corrected chi connectivity index (χ0v) is 12.2. The quantitative estimate of drug-likeness (QED) is 0.906. The van der Waals surface area contributed by atoms with Crippen molar-refractivity contribution in [3.8, 4) is 6.07 Å². The Balaban J connectivity index is 3.19. The third-order valence-electron chi connectivity index (χ3n) is 2.75. The minimum atomic E-state index is -4.60. The first-order chi connectivity index (χ1) is 9.65. The highest BCUT2D eigenvalue weighted by Gasteiger charge is 2.31. The molecule has 0 radical (unpaired) electrons. The van der Waals surface area contributed by atoms with Gasteiger partial charge < -0.3 is 0 Å². The first kappa shape index (κ1) is 17.3. The molecular weight excluding hydrogens is 307 g/mol. The molecule has 0 aliphatic rings. The van der Waals surface area contributed by atoms with Crippen LogP contribution in [0.1, 0.15) is 25.0 Å². The topological polar surface area (TPSA) is 73.2 Å². The normalized spacial score (nSPS) is 12.2. The molecule has 0 saturated carbocycles. The van der Waals surface area contributed by atoms with Crippen LogP contribution in [0.25, 0.3) is 0 Å². The summed E-state index contributed by atoms with van der Waals surface area (Å²) in [6.45, 7) is 3.66. The van der Waals surface area contributed by atoms with E-state index in [-0.39, 0.29) is 24.3 Å².